The Morgan fingerprint density at radius 2 is 2.29 bits per heavy atom. The first kappa shape index (κ1) is 10.6. The fourth-order valence-electron chi connectivity index (χ4n) is 1.36. The van der Waals surface area contributed by atoms with E-state index in [1.54, 1.807) is 0 Å². The molecule has 14 heavy (non-hydrogen) atoms. The lowest BCUT2D eigenvalue weighted by molar-refractivity contribution is 0.814. The van der Waals surface area contributed by atoms with Gasteiger partial charge in [0, 0.05) is 17.4 Å². The Kier molecular flexibility index (Phi) is 3.57. The van der Waals surface area contributed by atoms with E-state index in [1.807, 2.05) is 25.1 Å². The molecular weight excluding hydrogens is 172 g/mol. The first-order valence-corrected chi connectivity index (χ1v) is 4.87. The summed E-state index contributed by atoms with van der Waals surface area (Å²) in [6.45, 7) is 7.86. The average molecular weight is 190 g/mol. The number of rotatable bonds is 4. The number of hydrogen-bond acceptors (Lipinski definition) is 2. The lowest BCUT2D eigenvalue weighted by Gasteiger charge is -2.14. The highest BCUT2D eigenvalue weighted by Crippen LogP contribution is 2.17. The molecule has 0 fully saturated rings. The van der Waals surface area contributed by atoms with Crippen molar-refractivity contribution in [1.29, 1.82) is 0 Å². The molecule has 2 heteroatoms. The van der Waals surface area contributed by atoms with Crippen molar-refractivity contribution in [2.45, 2.75) is 26.3 Å². The first-order valence-electron chi connectivity index (χ1n) is 4.87. The van der Waals surface area contributed by atoms with Crippen molar-refractivity contribution >= 4 is 11.4 Å². The van der Waals surface area contributed by atoms with Gasteiger partial charge in [0.15, 0.2) is 0 Å². The van der Waals surface area contributed by atoms with Crippen LogP contribution in [-0.4, -0.2) is 6.04 Å². The van der Waals surface area contributed by atoms with Gasteiger partial charge in [-0.25, -0.2) is 0 Å². The summed E-state index contributed by atoms with van der Waals surface area (Å²) in [5, 5.41) is 3.38. The van der Waals surface area contributed by atoms with Crippen LogP contribution in [0.2, 0.25) is 0 Å². The number of nitrogens with two attached hydrogens (primary N) is 1. The summed E-state index contributed by atoms with van der Waals surface area (Å²) in [6, 6.07) is 6.41. The summed E-state index contributed by atoms with van der Waals surface area (Å²) in [6.07, 6.45) is 2.88. The Morgan fingerprint density at radius 1 is 1.57 bits per heavy atom. The molecule has 2 nitrogen and oxygen atoms in total. The standard InChI is InChI=1S/C12H18N2/c1-4-5-10(3)14-11-6-7-12(13)9(2)8-11/h4,6-8,10,14H,1,5,13H2,2-3H3. The minimum absolute atomic E-state index is 0.413. The topological polar surface area (TPSA) is 38.0 Å². The molecule has 0 radical (unpaired) electrons. The predicted octanol–water partition coefficient (Wildman–Crippen LogP) is 2.95. The molecule has 0 amide bonds. The predicted molar refractivity (Wildman–Crippen MR) is 63.5 cm³/mol. The summed E-state index contributed by atoms with van der Waals surface area (Å²) in [4.78, 5) is 0. The lowest BCUT2D eigenvalue weighted by atomic mass is 10.1. The van der Waals surface area contributed by atoms with Crippen molar-refractivity contribution in [3.8, 4) is 0 Å². The normalized spacial score (nSPS) is 12.1. The molecule has 1 aromatic carbocycles. The average Bonchev–Trinajstić information content (AvgIpc) is 2.12. The Hall–Kier alpha value is -1.44. The van der Waals surface area contributed by atoms with E-state index in [-0.39, 0.29) is 0 Å². The van der Waals surface area contributed by atoms with Crippen LogP contribution in [0.1, 0.15) is 18.9 Å². The summed E-state index contributed by atoms with van der Waals surface area (Å²) in [5.41, 5.74) is 8.80. The van der Waals surface area contributed by atoms with Gasteiger partial charge < -0.3 is 11.1 Å². The van der Waals surface area contributed by atoms with Crippen LogP contribution in [0.4, 0.5) is 11.4 Å². The molecule has 0 bridgehead atoms. The maximum absolute atomic E-state index is 5.73. The molecule has 76 valence electrons. The highest BCUT2D eigenvalue weighted by atomic mass is 14.9. The summed E-state index contributed by atoms with van der Waals surface area (Å²) in [5.74, 6) is 0. The molecule has 1 atom stereocenters. The van der Waals surface area contributed by atoms with Crippen LogP contribution in [0.15, 0.2) is 30.9 Å². The second-order valence-electron chi connectivity index (χ2n) is 3.64. The van der Waals surface area contributed by atoms with Gasteiger partial charge >= 0.3 is 0 Å². The van der Waals surface area contributed by atoms with Crippen LogP contribution >= 0.6 is 0 Å². The molecule has 0 aromatic heterocycles. The quantitative estimate of drug-likeness (QED) is 0.566. The van der Waals surface area contributed by atoms with Crippen LogP contribution in [0, 0.1) is 6.92 Å². The number of nitrogens with one attached hydrogen (secondary N) is 1. The molecule has 1 unspecified atom stereocenters. The highest BCUT2D eigenvalue weighted by Gasteiger charge is 2.00. The Morgan fingerprint density at radius 3 is 2.86 bits per heavy atom. The molecule has 1 aromatic rings. The van der Waals surface area contributed by atoms with E-state index in [0.717, 1.165) is 23.4 Å². The van der Waals surface area contributed by atoms with Gasteiger partial charge in [-0.15, -0.1) is 6.58 Å². The second kappa shape index (κ2) is 4.70. The van der Waals surface area contributed by atoms with Crippen LogP contribution in [0.25, 0.3) is 0 Å². The molecule has 0 aliphatic carbocycles. The number of hydrogen-bond donors (Lipinski definition) is 2. The fraction of sp³-hybridized carbons (Fsp3) is 0.333. The van der Waals surface area contributed by atoms with Gasteiger partial charge in [0.05, 0.1) is 0 Å². The van der Waals surface area contributed by atoms with Crippen LogP contribution < -0.4 is 11.1 Å². The Bertz CT molecular complexity index is 318. The van der Waals surface area contributed by atoms with Crippen molar-refractivity contribution in [2.75, 3.05) is 11.1 Å². The molecule has 0 spiro atoms. The maximum atomic E-state index is 5.73. The fourth-order valence-corrected chi connectivity index (χ4v) is 1.36. The van der Waals surface area contributed by atoms with Crippen molar-refractivity contribution in [3.05, 3.63) is 36.4 Å². The zero-order valence-electron chi connectivity index (χ0n) is 8.88. The second-order valence-corrected chi connectivity index (χ2v) is 3.64. The zero-order valence-corrected chi connectivity index (χ0v) is 8.88. The third-order valence-electron chi connectivity index (χ3n) is 2.20. The van der Waals surface area contributed by atoms with Crippen LogP contribution in [0.5, 0.6) is 0 Å². The molecule has 0 saturated carbocycles. The van der Waals surface area contributed by atoms with E-state index in [0.29, 0.717) is 6.04 Å². The lowest BCUT2D eigenvalue weighted by Crippen LogP contribution is -2.13. The zero-order chi connectivity index (χ0) is 10.6. The molecular formula is C12H18N2. The van der Waals surface area contributed by atoms with E-state index in [4.69, 9.17) is 5.73 Å². The van der Waals surface area contributed by atoms with Crippen molar-refractivity contribution < 1.29 is 0 Å². The SMILES string of the molecule is C=CCC(C)Nc1ccc(N)c(C)c1. The Balaban J connectivity index is 2.67. The third kappa shape index (κ3) is 2.80. The molecule has 3 N–H and O–H groups in total. The minimum atomic E-state index is 0.413. The molecule has 0 saturated heterocycles. The van der Waals surface area contributed by atoms with Gasteiger partial charge in [-0.05, 0) is 44.0 Å². The molecule has 1 rings (SSSR count). The van der Waals surface area contributed by atoms with Gasteiger partial charge in [-0.2, -0.15) is 0 Å². The number of nitrogen functional groups attached to an aromatic ring is 1. The Labute approximate surface area is 85.8 Å². The van der Waals surface area contributed by atoms with E-state index in [1.165, 1.54) is 0 Å². The summed E-state index contributed by atoms with van der Waals surface area (Å²) < 4.78 is 0. The smallest absolute Gasteiger partial charge is 0.0346 e. The van der Waals surface area contributed by atoms with Gasteiger partial charge in [0.25, 0.3) is 0 Å². The highest BCUT2D eigenvalue weighted by molar-refractivity contribution is 5.56. The molecule has 0 aliphatic rings. The largest absolute Gasteiger partial charge is 0.399 e. The minimum Gasteiger partial charge on any atom is -0.399 e. The first-order chi connectivity index (χ1) is 6.63. The van der Waals surface area contributed by atoms with Gasteiger partial charge in [0.1, 0.15) is 0 Å². The summed E-state index contributed by atoms with van der Waals surface area (Å²) in [7, 11) is 0. The van der Waals surface area contributed by atoms with Gasteiger partial charge in [0.2, 0.25) is 0 Å². The van der Waals surface area contributed by atoms with Crippen molar-refractivity contribution in [2.24, 2.45) is 0 Å². The van der Waals surface area contributed by atoms with E-state index >= 15 is 0 Å². The van der Waals surface area contributed by atoms with Crippen LogP contribution in [-0.2, 0) is 0 Å². The molecule has 0 heterocycles. The summed E-state index contributed by atoms with van der Waals surface area (Å²) >= 11 is 0. The van der Waals surface area contributed by atoms with Gasteiger partial charge in [-0.3, -0.25) is 0 Å². The maximum Gasteiger partial charge on any atom is 0.0346 e. The van der Waals surface area contributed by atoms with Crippen LogP contribution in [0.3, 0.4) is 0 Å². The van der Waals surface area contributed by atoms with Crippen molar-refractivity contribution in [3.63, 3.8) is 0 Å². The van der Waals surface area contributed by atoms with E-state index < -0.39 is 0 Å². The van der Waals surface area contributed by atoms with E-state index in [2.05, 4.69) is 24.9 Å². The van der Waals surface area contributed by atoms with Crippen molar-refractivity contribution in [1.82, 2.24) is 0 Å². The number of aryl methyl sites for hydroxylation is 1. The third-order valence-corrected chi connectivity index (χ3v) is 2.20. The molecule has 0 aliphatic heterocycles. The van der Waals surface area contributed by atoms with Gasteiger partial charge in [-0.1, -0.05) is 6.08 Å². The number of benzene rings is 1. The monoisotopic (exact) mass is 190 g/mol. The van der Waals surface area contributed by atoms with E-state index in [9.17, 15) is 0 Å². The number of anilines is 2.